The molecule has 1 atom stereocenters. The van der Waals surface area contributed by atoms with Crippen LogP contribution in [-0.4, -0.2) is 38.2 Å². The summed E-state index contributed by atoms with van der Waals surface area (Å²) in [6, 6.07) is -0.758. The van der Waals surface area contributed by atoms with Crippen molar-refractivity contribution in [3.8, 4) is 0 Å². The van der Waals surface area contributed by atoms with Gasteiger partial charge in [0.05, 0.1) is 0 Å². The van der Waals surface area contributed by atoms with E-state index in [0.29, 0.717) is 0 Å². The van der Waals surface area contributed by atoms with Crippen LogP contribution < -0.4 is 15.2 Å². The van der Waals surface area contributed by atoms with Gasteiger partial charge < -0.3 is 10.9 Å². The molecule has 0 fully saturated rings. The highest BCUT2D eigenvalue weighted by Gasteiger charge is 2.30. The lowest BCUT2D eigenvalue weighted by molar-refractivity contribution is -0.121. The van der Waals surface area contributed by atoms with Crippen LogP contribution in [0.2, 0.25) is 0 Å². The summed E-state index contributed by atoms with van der Waals surface area (Å²) in [4.78, 5) is 0. The van der Waals surface area contributed by atoms with Crippen LogP contribution in [0.1, 0.15) is 19.8 Å². The van der Waals surface area contributed by atoms with Gasteiger partial charge in [0.1, 0.15) is 12.4 Å². The zero-order valence-electron chi connectivity index (χ0n) is 9.53. The van der Waals surface area contributed by atoms with Crippen molar-refractivity contribution >= 4 is 16.0 Å². The maximum Gasteiger partial charge on any atom is 0.402 e. The molecule has 0 saturated heterocycles. The molecule has 18 heavy (non-hydrogen) atoms. The van der Waals surface area contributed by atoms with Crippen LogP contribution in [0.15, 0.2) is 5.16 Å². The van der Waals surface area contributed by atoms with E-state index in [1.165, 1.54) is 4.72 Å². The minimum atomic E-state index is -4.64. The van der Waals surface area contributed by atoms with Crippen molar-refractivity contribution in [1.29, 1.82) is 0 Å². The van der Waals surface area contributed by atoms with Crippen molar-refractivity contribution in [1.82, 2.24) is 9.44 Å². The van der Waals surface area contributed by atoms with E-state index in [2.05, 4.69) is 5.16 Å². The summed E-state index contributed by atoms with van der Waals surface area (Å²) in [5.41, 5.74) is 5.18. The Balaban J connectivity index is 4.45. The molecule has 1 unspecified atom stereocenters. The molecule has 0 aromatic rings. The van der Waals surface area contributed by atoms with Gasteiger partial charge in [-0.1, -0.05) is 12.1 Å². The summed E-state index contributed by atoms with van der Waals surface area (Å²) >= 11 is 0. The molecule has 0 spiro atoms. The van der Waals surface area contributed by atoms with Gasteiger partial charge in [-0.15, -0.1) is 0 Å². The van der Waals surface area contributed by atoms with E-state index >= 15 is 0 Å². The van der Waals surface area contributed by atoms with Crippen molar-refractivity contribution in [3.05, 3.63) is 0 Å². The predicted molar refractivity (Wildman–Crippen MR) is 58.2 cm³/mol. The van der Waals surface area contributed by atoms with Crippen LogP contribution in [0.3, 0.4) is 0 Å². The summed E-state index contributed by atoms with van der Waals surface area (Å²) in [6.45, 7) is -0.0655. The van der Waals surface area contributed by atoms with Crippen molar-refractivity contribution in [2.45, 2.75) is 32.0 Å². The summed E-state index contributed by atoms with van der Waals surface area (Å²) in [5.74, 6) is -0.222. The Bertz CT molecular complexity index is 382. The van der Waals surface area contributed by atoms with Gasteiger partial charge in [0.2, 0.25) is 0 Å². The topological polar surface area (TPSA) is 117 Å². The zero-order chi connectivity index (χ0) is 14.4. The smallest absolute Gasteiger partial charge is 0.402 e. The van der Waals surface area contributed by atoms with Crippen LogP contribution in [-0.2, 0) is 10.2 Å². The molecule has 0 aliphatic rings. The molecule has 0 aromatic carbocycles. The Morgan fingerprint density at radius 2 is 2.06 bits per heavy atom. The Morgan fingerprint density at radius 3 is 2.44 bits per heavy atom. The third-order valence-corrected chi connectivity index (χ3v) is 3.03. The molecule has 7 nitrogen and oxygen atoms in total. The SMILES string of the molecule is CCC(CC(N)=NO)NS(=O)(=O)NCC(F)(F)F. The molecule has 0 saturated carbocycles. The molecular formula is C7H15F3N4O3S. The molecule has 11 heteroatoms. The van der Waals surface area contributed by atoms with E-state index in [4.69, 9.17) is 10.9 Å². The fourth-order valence-electron chi connectivity index (χ4n) is 1.00. The standard InChI is InChI=1S/C7H15F3N4O3S/c1-2-5(3-6(11)13-15)14-18(16,17)12-4-7(8,9)10/h5,12,14-15H,2-4H2,1H3,(H2,11,13). The fraction of sp³-hybridized carbons (Fsp3) is 0.857. The molecule has 0 aromatic heterocycles. The van der Waals surface area contributed by atoms with Crippen LogP contribution in [0.4, 0.5) is 13.2 Å². The highest BCUT2D eigenvalue weighted by molar-refractivity contribution is 7.87. The maximum absolute atomic E-state index is 11.8. The number of hydrogen-bond acceptors (Lipinski definition) is 4. The highest BCUT2D eigenvalue weighted by Crippen LogP contribution is 2.12. The van der Waals surface area contributed by atoms with Crippen molar-refractivity contribution in [2.75, 3.05) is 6.54 Å². The molecule has 0 rings (SSSR count). The van der Waals surface area contributed by atoms with Crippen LogP contribution in [0, 0.1) is 0 Å². The molecule has 5 N–H and O–H groups in total. The molecule has 0 aliphatic carbocycles. The Morgan fingerprint density at radius 1 is 1.50 bits per heavy atom. The Labute approximate surface area is 102 Å². The first-order valence-corrected chi connectivity index (χ1v) is 6.38. The van der Waals surface area contributed by atoms with Crippen LogP contribution in [0.25, 0.3) is 0 Å². The minimum Gasteiger partial charge on any atom is -0.409 e. The van der Waals surface area contributed by atoms with E-state index < -0.39 is 29.0 Å². The first kappa shape index (κ1) is 16.9. The first-order chi connectivity index (χ1) is 8.09. The second kappa shape index (κ2) is 6.75. The van der Waals surface area contributed by atoms with E-state index in [9.17, 15) is 21.6 Å². The van der Waals surface area contributed by atoms with Crippen molar-refractivity contribution in [3.63, 3.8) is 0 Å². The molecular weight excluding hydrogens is 277 g/mol. The zero-order valence-corrected chi connectivity index (χ0v) is 10.3. The van der Waals surface area contributed by atoms with Gasteiger partial charge in [0, 0.05) is 12.5 Å². The van der Waals surface area contributed by atoms with Crippen LogP contribution >= 0.6 is 0 Å². The van der Waals surface area contributed by atoms with E-state index in [1.807, 2.05) is 4.72 Å². The number of amidine groups is 1. The normalized spacial score (nSPS) is 15.7. The third-order valence-electron chi connectivity index (χ3n) is 1.86. The molecule has 0 bridgehead atoms. The molecule has 0 radical (unpaired) electrons. The lowest BCUT2D eigenvalue weighted by Crippen LogP contribution is -2.46. The van der Waals surface area contributed by atoms with Gasteiger partial charge in [-0.2, -0.15) is 31.0 Å². The van der Waals surface area contributed by atoms with E-state index in [1.54, 1.807) is 6.92 Å². The predicted octanol–water partition coefficient (Wildman–Crippen LogP) is -0.112. The minimum absolute atomic E-state index is 0.111. The third kappa shape index (κ3) is 8.08. The average molecular weight is 292 g/mol. The monoisotopic (exact) mass is 292 g/mol. The summed E-state index contributed by atoms with van der Waals surface area (Å²) in [7, 11) is -4.29. The van der Waals surface area contributed by atoms with Gasteiger partial charge in [-0.25, -0.2) is 0 Å². The lowest BCUT2D eigenvalue weighted by atomic mass is 10.1. The summed E-state index contributed by atoms with van der Waals surface area (Å²) in [6.07, 6.45) is -4.48. The van der Waals surface area contributed by atoms with Gasteiger partial charge in [-0.3, -0.25) is 0 Å². The number of nitrogens with one attached hydrogen (secondary N) is 2. The quantitative estimate of drug-likeness (QED) is 0.227. The van der Waals surface area contributed by atoms with Gasteiger partial charge in [0.15, 0.2) is 0 Å². The van der Waals surface area contributed by atoms with E-state index in [-0.39, 0.29) is 18.7 Å². The van der Waals surface area contributed by atoms with Crippen molar-refractivity contribution in [2.24, 2.45) is 10.9 Å². The van der Waals surface area contributed by atoms with Crippen molar-refractivity contribution < 1.29 is 26.8 Å². The Kier molecular flexibility index (Phi) is 6.35. The van der Waals surface area contributed by atoms with Gasteiger partial charge in [0.25, 0.3) is 10.2 Å². The largest absolute Gasteiger partial charge is 0.409 e. The summed E-state index contributed by atoms with van der Waals surface area (Å²) in [5, 5.41) is 11.0. The van der Waals surface area contributed by atoms with Gasteiger partial charge in [-0.05, 0) is 6.42 Å². The number of oxime groups is 1. The summed E-state index contributed by atoms with van der Waals surface area (Å²) < 4.78 is 61.3. The number of halogens is 3. The second-order valence-corrected chi connectivity index (χ2v) is 4.99. The number of nitrogens with two attached hydrogens (primary N) is 1. The van der Waals surface area contributed by atoms with Crippen LogP contribution in [0.5, 0.6) is 0 Å². The first-order valence-electron chi connectivity index (χ1n) is 4.89. The molecule has 108 valence electrons. The highest BCUT2D eigenvalue weighted by atomic mass is 32.2. The molecule has 0 heterocycles. The average Bonchev–Trinajstić information content (AvgIpc) is 2.24. The molecule has 0 aliphatic heterocycles. The molecule has 0 amide bonds. The van der Waals surface area contributed by atoms with E-state index in [0.717, 1.165) is 0 Å². The fourth-order valence-corrected chi connectivity index (χ4v) is 2.13. The number of alkyl halides is 3. The maximum atomic E-state index is 11.8. The number of nitrogens with zero attached hydrogens (tertiary/aromatic N) is 1. The Hall–Kier alpha value is -1.07. The van der Waals surface area contributed by atoms with Gasteiger partial charge >= 0.3 is 6.18 Å². The second-order valence-electron chi connectivity index (χ2n) is 3.46. The number of hydrogen-bond donors (Lipinski definition) is 4. The lowest BCUT2D eigenvalue weighted by Gasteiger charge is -2.17. The number of rotatable bonds is 7.